The highest BCUT2D eigenvalue weighted by Crippen LogP contribution is 2.40. The van der Waals surface area contributed by atoms with E-state index in [2.05, 4.69) is 74.4 Å². The molecule has 0 saturated heterocycles. The Morgan fingerprint density at radius 3 is 1.35 bits per heavy atom. The topological polar surface area (TPSA) is 20.2 Å². The summed E-state index contributed by atoms with van der Waals surface area (Å²) in [7, 11) is 0. The summed E-state index contributed by atoms with van der Waals surface area (Å²) in [5, 5.41) is 10.7. The molecule has 0 aliphatic carbocycles. The average Bonchev–Trinajstić information content (AvgIpc) is 2.14. The van der Waals surface area contributed by atoms with Gasteiger partial charge in [0.15, 0.2) is 0 Å². The van der Waals surface area contributed by atoms with E-state index in [0.717, 1.165) is 17.5 Å². The Bertz CT molecular complexity index is 441. The summed E-state index contributed by atoms with van der Waals surface area (Å²) in [5.41, 5.74) is 3.61. The van der Waals surface area contributed by atoms with Crippen LogP contribution >= 0.6 is 0 Å². The fraction of sp³-hybridized carbons (Fsp3) is 0.684. The Morgan fingerprint density at radius 1 is 0.750 bits per heavy atom. The molecule has 114 valence electrons. The number of benzene rings is 1. The number of phenols is 1. The highest BCUT2D eigenvalue weighted by molar-refractivity contribution is 5.50. The van der Waals surface area contributed by atoms with Crippen LogP contribution in [0.5, 0.6) is 5.75 Å². The smallest absolute Gasteiger partial charge is 0.123 e. The van der Waals surface area contributed by atoms with Crippen LogP contribution in [0.2, 0.25) is 0 Å². The van der Waals surface area contributed by atoms with Gasteiger partial charge in [-0.25, -0.2) is 0 Å². The van der Waals surface area contributed by atoms with E-state index >= 15 is 0 Å². The van der Waals surface area contributed by atoms with Crippen LogP contribution in [0.25, 0.3) is 0 Å². The highest BCUT2D eigenvalue weighted by Gasteiger charge is 2.27. The standard InChI is InChI=1S/C19H32O/c1-17(2,3)12-13-10-14(18(4,5)6)16(20)15(11-13)19(7,8)9/h10-11,20H,12H2,1-9H3. The third kappa shape index (κ3) is 4.26. The van der Waals surface area contributed by atoms with E-state index in [0.29, 0.717) is 5.75 Å². The minimum absolute atomic E-state index is 0.0437. The molecule has 0 fully saturated rings. The zero-order valence-electron chi connectivity index (χ0n) is 14.8. The minimum atomic E-state index is -0.0437. The quantitative estimate of drug-likeness (QED) is 0.710. The Balaban J connectivity index is 3.51. The first-order chi connectivity index (χ1) is 8.72. The van der Waals surface area contributed by atoms with Crippen LogP contribution in [-0.2, 0) is 17.3 Å². The monoisotopic (exact) mass is 276 g/mol. The van der Waals surface area contributed by atoms with Gasteiger partial charge in [-0.2, -0.15) is 0 Å². The van der Waals surface area contributed by atoms with Gasteiger partial charge in [0.2, 0.25) is 0 Å². The first-order valence-electron chi connectivity index (χ1n) is 7.59. The fourth-order valence-electron chi connectivity index (χ4n) is 2.55. The second-order valence-electron chi connectivity index (χ2n) is 9.28. The van der Waals surface area contributed by atoms with Crippen molar-refractivity contribution in [1.82, 2.24) is 0 Å². The summed E-state index contributed by atoms with van der Waals surface area (Å²) < 4.78 is 0. The van der Waals surface area contributed by atoms with E-state index in [4.69, 9.17) is 0 Å². The molecule has 0 aliphatic rings. The molecule has 0 unspecified atom stereocenters. The molecule has 0 radical (unpaired) electrons. The van der Waals surface area contributed by atoms with Crippen molar-refractivity contribution < 1.29 is 5.11 Å². The Kier molecular flexibility index (Phi) is 4.35. The maximum Gasteiger partial charge on any atom is 0.123 e. The maximum absolute atomic E-state index is 10.7. The van der Waals surface area contributed by atoms with E-state index in [1.54, 1.807) is 0 Å². The van der Waals surface area contributed by atoms with Crippen LogP contribution in [0.4, 0.5) is 0 Å². The van der Waals surface area contributed by atoms with Crippen molar-refractivity contribution in [2.75, 3.05) is 0 Å². The Hall–Kier alpha value is -0.980. The summed E-state index contributed by atoms with van der Waals surface area (Å²) in [4.78, 5) is 0. The molecule has 1 rings (SSSR count). The summed E-state index contributed by atoms with van der Waals surface area (Å²) in [6.07, 6.45) is 1.03. The van der Waals surface area contributed by atoms with Gasteiger partial charge in [-0.15, -0.1) is 0 Å². The van der Waals surface area contributed by atoms with Crippen molar-refractivity contribution >= 4 is 0 Å². The molecule has 1 heteroatoms. The van der Waals surface area contributed by atoms with Gasteiger partial charge in [-0.05, 0) is 39.4 Å². The van der Waals surface area contributed by atoms with Crippen LogP contribution in [0.1, 0.15) is 79.0 Å². The lowest BCUT2D eigenvalue weighted by molar-refractivity contribution is 0.403. The maximum atomic E-state index is 10.7. The molecular formula is C19H32O. The predicted molar refractivity (Wildman–Crippen MR) is 88.7 cm³/mol. The van der Waals surface area contributed by atoms with E-state index in [-0.39, 0.29) is 16.2 Å². The lowest BCUT2D eigenvalue weighted by Gasteiger charge is -2.29. The number of hydrogen-bond donors (Lipinski definition) is 1. The summed E-state index contributed by atoms with van der Waals surface area (Å²) in [6, 6.07) is 4.38. The molecule has 0 aromatic heterocycles. The number of hydrogen-bond acceptors (Lipinski definition) is 1. The van der Waals surface area contributed by atoms with Gasteiger partial charge < -0.3 is 5.11 Å². The van der Waals surface area contributed by atoms with Gasteiger partial charge in [0.05, 0.1) is 0 Å². The van der Waals surface area contributed by atoms with Crippen molar-refractivity contribution in [2.24, 2.45) is 5.41 Å². The summed E-state index contributed by atoms with van der Waals surface area (Å²) in [5.74, 6) is 0.475. The van der Waals surface area contributed by atoms with Crippen molar-refractivity contribution in [2.45, 2.75) is 79.6 Å². The third-order valence-electron chi connectivity index (χ3n) is 3.52. The number of phenolic OH excluding ortho intramolecular Hbond substituents is 1. The zero-order valence-corrected chi connectivity index (χ0v) is 14.8. The minimum Gasteiger partial charge on any atom is -0.507 e. The molecule has 0 heterocycles. The van der Waals surface area contributed by atoms with Crippen molar-refractivity contribution in [3.8, 4) is 5.75 Å². The van der Waals surface area contributed by atoms with Crippen molar-refractivity contribution in [1.29, 1.82) is 0 Å². The molecule has 0 bridgehead atoms. The lowest BCUT2D eigenvalue weighted by atomic mass is 9.76. The molecule has 0 atom stereocenters. The molecular weight excluding hydrogens is 244 g/mol. The third-order valence-corrected chi connectivity index (χ3v) is 3.52. The Labute approximate surface area is 125 Å². The molecule has 0 amide bonds. The van der Waals surface area contributed by atoms with Crippen LogP contribution in [0.3, 0.4) is 0 Å². The van der Waals surface area contributed by atoms with E-state index in [1.807, 2.05) is 0 Å². The second-order valence-corrected chi connectivity index (χ2v) is 9.28. The van der Waals surface area contributed by atoms with Crippen LogP contribution in [-0.4, -0.2) is 5.11 Å². The number of rotatable bonds is 1. The molecule has 0 aliphatic heterocycles. The zero-order chi connectivity index (χ0) is 15.9. The van der Waals surface area contributed by atoms with E-state index in [9.17, 15) is 5.11 Å². The van der Waals surface area contributed by atoms with Crippen LogP contribution < -0.4 is 0 Å². The van der Waals surface area contributed by atoms with Crippen molar-refractivity contribution in [3.05, 3.63) is 28.8 Å². The molecule has 1 N–H and O–H groups in total. The molecule has 0 saturated carbocycles. The lowest BCUT2D eigenvalue weighted by Crippen LogP contribution is -2.19. The normalized spacial score (nSPS) is 13.7. The first kappa shape index (κ1) is 17.1. The second kappa shape index (κ2) is 5.09. The molecule has 20 heavy (non-hydrogen) atoms. The van der Waals surface area contributed by atoms with Gasteiger partial charge in [0.25, 0.3) is 0 Å². The molecule has 1 aromatic carbocycles. The fourth-order valence-corrected chi connectivity index (χ4v) is 2.55. The highest BCUT2D eigenvalue weighted by atomic mass is 16.3. The molecule has 1 aromatic rings. The largest absolute Gasteiger partial charge is 0.507 e. The summed E-state index contributed by atoms with van der Waals surface area (Å²) in [6.45, 7) is 19.7. The van der Waals surface area contributed by atoms with Crippen molar-refractivity contribution in [3.63, 3.8) is 0 Å². The average molecular weight is 276 g/mol. The van der Waals surface area contributed by atoms with Gasteiger partial charge in [-0.1, -0.05) is 74.4 Å². The summed E-state index contributed by atoms with van der Waals surface area (Å²) >= 11 is 0. The predicted octanol–water partition coefficient (Wildman–Crippen LogP) is 5.58. The first-order valence-corrected chi connectivity index (χ1v) is 7.59. The van der Waals surface area contributed by atoms with E-state index < -0.39 is 0 Å². The Morgan fingerprint density at radius 2 is 1.10 bits per heavy atom. The van der Waals surface area contributed by atoms with Gasteiger partial charge >= 0.3 is 0 Å². The molecule has 0 spiro atoms. The van der Waals surface area contributed by atoms with Crippen LogP contribution in [0.15, 0.2) is 12.1 Å². The van der Waals surface area contributed by atoms with Gasteiger partial charge in [0.1, 0.15) is 5.75 Å². The SMILES string of the molecule is CC(C)(C)Cc1cc(C(C)(C)C)c(O)c(C(C)(C)C)c1. The van der Waals surface area contributed by atoms with Crippen LogP contribution in [0, 0.1) is 5.41 Å². The van der Waals surface area contributed by atoms with Gasteiger partial charge in [-0.3, -0.25) is 0 Å². The van der Waals surface area contributed by atoms with E-state index in [1.165, 1.54) is 5.56 Å². The molecule has 1 nitrogen and oxygen atoms in total. The van der Waals surface area contributed by atoms with Gasteiger partial charge in [0, 0.05) is 0 Å². The number of aromatic hydroxyl groups is 1.